The summed E-state index contributed by atoms with van der Waals surface area (Å²) in [6.07, 6.45) is 4.79. The number of morpholine rings is 1. The molecule has 0 N–H and O–H groups in total. The van der Waals surface area contributed by atoms with E-state index in [1.165, 1.54) is 12.8 Å². The normalized spacial score (nSPS) is 29.8. The Morgan fingerprint density at radius 2 is 2.04 bits per heavy atom. The van der Waals surface area contributed by atoms with Crippen LogP contribution in [0.4, 0.5) is 0 Å². The van der Waals surface area contributed by atoms with Gasteiger partial charge in [-0.15, -0.1) is 0 Å². The molecule has 3 aliphatic rings. The summed E-state index contributed by atoms with van der Waals surface area (Å²) in [5.74, 6) is 2.89. The van der Waals surface area contributed by atoms with Gasteiger partial charge in [0.2, 0.25) is 0 Å². The van der Waals surface area contributed by atoms with Crippen LogP contribution in [0.1, 0.15) is 47.6 Å². The first-order valence-electron chi connectivity index (χ1n) is 9.19. The molecule has 132 valence electrons. The molecule has 1 aromatic heterocycles. The van der Waals surface area contributed by atoms with E-state index in [0.717, 1.165) is 37.7 Å². The van der Waals surface area contributed by atoms with Crippen molar-refractivity contribution in [3.05, 3.63) is 23.2 Å². The lowest BCUT2D eigenvalue weighted by Gasteiger charge is -2.37. The fraction of sp³-hybridized carbons (Fsp3) is 0.737. The number of carbonyl (C=O) groups is 1. The van der Waals surface area contributed by atoms with Crippen LogP contribution in [0.2, 0.25) is 0 Å². The lowest BCUT2D eigenvalue weighted by Crippen LogP contribution is -2.51. The highest BCUT2D eigenvalue weighted by molar-refractivity contribution is 5.95. The smallest absolute Gasteiger partial charge is 0.257 e. The maximum Gasteiger partial charge on any atom is 0.257 e. The van der Waals surface area contributed by atoms with Gasteiger partial charge in [0.1, 0.15) is 11.5 Å². The maximum absolute atomic E-state index is 13.0. The van der Waals surface area contributed by atoms with Gasteiger partial charge in [-0.2, -0.15) is 0 Å². The molecule has 2 saturated carbocycles. The van der Waals surface area contributed by atoms with Crippen LogP contribution < -0.4 is 0 Å². The largest absolute Gasteiger partial charge is 0.466 e. The van der Waals surface area contributed by atoms with E-state index >= 15 is 0 Å². The molecule has 3 atom stereocenters. The second-order valence-electron chi connectivity index (χ2n) is 7.62. The van der Waals surface area contributed by atoms with Gasteiger partial charge < -0.3 is 18.8 Å². The predicted molar refractivity (Wildman–Crippen MR) is 89.0 cm³/mol. The van der Waals surface area contributed by atoms with Gasteiger partial charge in [0.05, 0.1) is 24.3 Å². The Morgan fingerprint density at radius 3 is 2.75 bits per heavy atom. The molecule has 2 heterocycles. The maximum atomic E-state index is 13.0. The number of rotatable bonds is 5. The summed E-state index contributed by atoms with van der Waals surface area (Å²) in [7, 11) is 0. The number of hydrogen-bond donors (Lipinski definition) is 0. The molecule has 0 bridgehead atoms. The van der Waals surface area contributed by atoms with E-state index in [0.29, 0.717) is 30.4 Å². The highest BCUT2D eigenvalue weighted by Gasteiger charge is 2.43. The molecule has 0 radical (unpaired) electrons. The molecular weight excluding hydrogens is 306 g/mol. The van der Waals surface area contributed by atoms with Crippen molar-refractivity contribution < 1.29 is 18.7 Å². The van der Waals surface area contributed by atoms with E-state index in [4.69, 9.17) is 13.9 Å². The lowest BCUT2D eigenvalue weighted by atomic mass is 10.1. The minimum Gasteiger partial charge on any atom is -0.466 e. The van der Waals surface area contributed by atoms with Gasteiger partial charge in [0, 0.05) is 19.8 Å². The Labute approximate surface area is 143 Å². The van der Waals surface area contributed by atoms with Crippen molar-refractivity contribution in [3.63, 3.8) is 0 Å². The molecule has 1 aromatic rings. The molecule has 1 amide bonds. The number of hydrogen-bond acceptors (Lipinski definition) is 4. The van der Waals surface area contributed by atoms with Gasteiger partial charge in [0.15, 0.2) is 0 Å². The zero-order valence-corrected chi connectivity index (χ0v) is 14.6. The Kier molecular flexibility index (Phi) is 4.39. The number of amides is 1. The van der Waals surface area contributed by atoms with Crippen LogP contribution >= 0.6 is 0 Å². The number of nitrogens with zero attached hydrogens (tertiary/aromatic N) is 1. The Bertz CT molecular complexity index is 607. The van der Waals surface area contributed by atoms with Gasteiger partial charge in [-0.1, -0.05) is 0 Å². The summed E-state index contributed by atoms with van der Waals surface area (Å²) >= 11 is 0. The van der Waals surface area contributed by atoms with E-state index in [-0.39, 0.29) is 18.1 Å². The number of ether oxygens (including phenoxy) is 2. The monoisotopic (exact) mass is 333 g/mol. The fourth-order valence-electron chi connectivity index (χ4n) is 4.12. The first-order valence-corrected chi connectivity index (χ1v) is 9.19. The van der Waals surface area contributed by atoms with E-state index in [9.17, 15) is 4.79 Å². The molecule has 4 rings (SSSR count). The molecule has 5 heteroatoms. The minimum atomic E-state index is 0.0854. The van der Waals surface area contributed by atoms with Gasteiger partial charge in [-0.3, -0.25) is 4.79 Å². The van der Waals surface area contributed by atoms with Crippen LogP contribution in [0.25, 0.3) is 0 Å². The van der Waals surface area contributed by atoms with Crippen molar-refractivity contribution in [3.8, 4) is 0 Å². The number of aryl methyl sites for hydroxylation is 2. The molecule has 5 nitrogen and oxygen atoms in total. The first-order chi connectivity index (χ1) is 11.6. The Morgan fingerprint density at radius 1 is 1.25 bits per heavy atom. The third-order valence-corrected chi connectivity index (χ3v) is 5.57. The van der Waals surface area contributed by atoms with E-state index < -0.39 is 0 Å². The third-order valence-electron chi connectivity index (χ3n) is 5.57. The van der Waals surface area contributed by atoms with Crippen LogP contribution in [0, 0.1) is 25.7 Å². The summed E-state index contributed by atoms with van der Waals surface area (Å²) in [5, 5.41) is 0. The number of fused-ring (bicyclic) bond motifs is 1. The molecular formula is C19H27NO4. The Balaban J connectivity index is 1.40. The predicted octanol–water partition coefficient (Wildman–Crippen LogP) is 2.94. The average Bonchev–Trinajstić information content (AvgIpc) is 3.18. The standard InChI is InChI=1S/C19H27NO4/c1-12-7-16(13(2)24-12)19(21)20-5-6-23-18-9-15(8-17(18)20)11-22-10-14-3-4-14/h7,14-15,17-18H,3-6,8-11H2,1-2H3. The van der Waals surface area contributed by atoms with Crippen molar-refractivity contribution in [1.82, 2.24) is 4.90 Å². The number of carbonyl (C=O) groups excluding carboxylic acids is 1. The lowest BCUT2D eigenvalue weighted by molar-refractivity contribution is -0.0450. The second-order valence-corrected chi connectivity index (χ2v) is 7.62. The Hall–Kier alpha value is -1.33. The van der Waals surface area contributed by atoms with Crippen LogP contribution in [-0.2, 0) is 9.47 Å². The third kappa shape index (κ3) is 3.24. The van der Waals surface area contributed by atoms with Crippen molar-refractivity contribution in [2.45, 2.75) is 51.7 Å². The molecule has 24 heavy (non-hydrogen) atoms. The van der Waals surface area contributed by atoms with Gasteiger partial charge in [-0.25, -0.2) is 0 Å². The molecule has 0 aromatic carbocycles. The van der Waals surface area contributed by atoms with Crippen molar-refractivity contribution in [2.75, 3.05) is 26.4 Å². The van der Waals surface area contributed by atoms with E-state index in [1.807, 2.05) is 24.8 Å². The first kappa shape index (κ1) is 16.2. The molecule has 2 aliphatic carbocycles. The van der Waals surface area contributed by atoms with Crippen LogP contribution in [-0.4, -0.2) is 49.3 Å². The summed E-state index contributed by atoms with van der Waals surface area (Å²) in [5.41, 5.74) is 0.696. The quantitative estimate of drug-likeness (QED) is 0.831. The van der Waals surface area contributed by atoms with Crippen molar-refractivity contribution in [2.24, 2.45) is 11.8 Å². The average molecular weight is 333 g/mol. The summed E-state index contributed by atoms with van der Waals surface area (Å²) < 4.78 is 17.4. The van der Waals surface area contributed by atoms with Crippen LogP contribution in [0.15, 0.2) is 10.5 Å². The number of furan rings is 1. The minimum absolute atomic E-state index is 0.0854. The van der Waals surface area contributed by atoms with Crippen LogP contribution in [0.5, 0.6) is 0 Å². The zero-order chi connectivity index (χ0) is 16.7. The van der Waals surface area contributed by atoms with E-state index in [1.54, 1.807) is 0 Å². The second kappa shape index (κ2) is 6.52. The highest BCUT2D eigenvalue weighted by atomic mass is 16.5. The van der Waals surface area contributed by atoms with E-state index in [2.05, 4.69) is 0 Å². The summed E-state index contributed by atoms with van der Waals surface area (Å²) in [4.78, 5) is 15.0. The molecule has 3 fully saturated rings. The zero-order valence-electron chi connectivity index (χ0n) is 14.6. The molecule has 1 aliphatic heterocycles. The van der Waals surface area contributed by atoms with Gasteiger partial charge in [-0.05, 0) is 57.4 Å². The summed E-state index contributed by atoms with van der Waals surface area (Å²) in [6, 6.07) is 2.03. The molecule has 3 unspecified atom stereocenters. The summed E-state index contributed by atoms with van der Waals surface area (Å²) in [6.45, 7) is 6.75. The highest BCUT2D eigenvalue weighted by Crippen LogP contribution is 2.36. The van der Waals surface area contributed by atoms with Crippen LogP contribution in [0.3, 0.4) is 0 Å². The SMILES string of the molecule is Cc1cc(C(=O)N2CCOC3CC(COCC4CC4)CC32)c(C)o1. The van der Waals surface area contributed by atoms with Crippen molar-refractivity contribution in [1.29, 1.82) is 0 Å². The fourth-order valence-corrected chi connectivity index (χ4v) is 4.12. The van der Waals surface area contributed by atoms with Gasteiger partial charge >= 0.3 is 0 Å². The molecule has 1 saturated heterocycles. The molecule has 0 spiro atoms. The topological polar surface area (TPSA) is 51.9 Å². The van der Waals surface area contributed by atoms with Gasteiger partial charge in [0.25, 0.3) is 5.91 Å². The van der Waals surface area contributed by atoms with Crippen molar-refractivity contribution >= 4 is 5.91 Å².